The molecule has 0 amide bonds. The molecule has 0 nitrogen and oxygen atoms in total. The third-order valence-corrected chi connectivity index (χ3v) is 5.82. The minimum atomic E-state index is 0.972. The van der Waals surface area contributed by atoms with Crippen LogP contribution in [0.4, 0.5) is 0 Å². The van der Waals surface area contributed by atoms with Crippen LogP contribution in [0.2, 0.25) is 0 Å². The molecule has 0 bridgehead atoms. The highest BCUT2D eigenvalue weighted by molar-refractivity contribution is 4.87. The van der Waals surface area contributed by atoms with Gasteiger partial charge in [-0.3, -0.25) is 0 Å². The van der Waals surface area contributed by atoms with Crippen LogP contribution in [0.15, 0.2) is 0 Å². The SMILES string of the molecule is CC1CCC(C2C(C)CCCC2C)CC1C. The van der Waals surface area contributed by atoms with Crippen LogP contribution in [0.1, 0.15) is 66.2 Å². The maximum absolute atomic E-state index is 2.52. The molecule has 0 N–H and O–H groups in total. The topological polar surface area (TPSA) is 0 Å². The van der Waals surface area contributed by atoms with Gasteiger partial charge in [0.15, 0.2) is 0 Å². The van der Waals surface area contributed by atoms with E-state index >= 15 is 0 Å². The maximum Gasteiger partial charge on any atom is -0.0334 e. The minimum absolute atomic E-state index is 0.972. The average molecular weight is 222 g/mol. The predicted molar refractivity (Wildman–Crippen MR) is 71.3 cm³/mol. The summed E-state index contributed by atoms with van der Waals surface area (Å²) in [4.78, 5) is 0. The van der Waals surface area contributed by atoms with Crippen LogP contribution >= 0.6 is 0 Å². The zero-order valence-corrected chi connectivity index (χ0v) is 11.7. The Labute approximate surface area is 102 Å². The Bertz CT molecular complexity index is 210. The van der Waals surface area contributed by atoms with Gasteiger partial charge in [-0.2, -0.15) is 0 Å². The third-order valence-electron chi connectivity index (χ3n) is 5.82. The van der Waals surface area contributed by atoms with Crippen LogP contribution in [0, 0.1) is 35.5 Å². The van der Waals surface area contributed by atoms with Crippen LogP contribution in [0.3, 0.4) is 0 Å². The lowest BCUT2D eigenvalue weighted by Crippen LogP contribution is -2.35. The molecule has 0 spiro atoms. The first-order chi connectivity index (χ1) is 7.59. The van der Waals surface area contributed by atoms with E-state index in [-0.39, 0.29) is 0 Å². The third kappa shape index (κ3) is 2.46. The first-order valence-electron chi connectivity index (χ1n) is 7.59. The largest absolute Gasteiger partial charge is 0.0623 e. The van der Waals surface area contributed by atoms with E-state index in [0.29, 0.717) is 0 Å². The molecule has 2 fully saturated rings. The summed E-state index contributed by atoms with van der Waals surface area (Å²) in [6, 6.07) is 0. The number of rotatable bonds is 1. The Balaban J connectivity index is 2.00. The molecule has 16 heavy (non-hydrogen) atoms. The van der Waals surface area contributed by atoms with Gasteiger partial charge in [-0.25, -0.2) is 0 Å². The van der Waals surface area contributed by atoms with Crippen molar-refractivity contribution in [3.63, 3.8) is 0 Å². The quantitative estimate of drug-likeness (QED) is 0.577. The fourth-order valence-corrected chi connectivity index (χ4v) is 4.58. The molecule has 2 aliphatic carbocycles. The van der Waals surface area contributed by atoms with E-state index in [2.05, 4.69) is 27.7 Å². The van der Waals surface area contributed by atoms with Gasteiger partial charge in [0, 0.05) is 0 Å². The summed E-state index contributed by atoms with van der Waals surface area (Å²) in [5, 5.41) is 0. The van der Waals surface area contributed by atoms with Crippen molar-refractivity contribution in [3.8, 4) is 0 Å². The van der Waals surface area contributed by atoms with E-state index < -0.39 is 0 Å². The van der Waals surface area contributed by atoms with Crippen LogP contribution in [0.5, 0.6) is 0 Å². The van der Waals surface area contributed by atoms with Crippen molar-refractivity contribution in [1.29, 1.82) is 0 Å². The Morgan fingerprint density at radius 2 is 1.25 bits per heavy atom. The summed E-state index contributed by atoms with van der Waals surface area (Å²) >= 11 is 0. The monoisotopic (exact) mass is 222 g/mol. The van der Waals surface area contributed by atoms with Gasteiger partial charge in [0.05, 0.1) is 0 Å². The molecule has 0 saturated heterocycles. The van der Waals surface area contributed by atoms with Gasteiger partial charge in [0.1, 0.15) is 0 Å². The Morgan fingerprint density at radius 3 is 1.81 bits per heavy atom. The maximum atomic E-state index is 2.52. The van der Waals surface area contributed by atoms with Crippen LogP contribution < -0.4 is 0 Å². The van der Waals surface area contributed by atoms with Crippen molar-refractivity contribution in [1.82, 2.24) is 0 Å². The van der Waals surface area contributed by atoms with Gasteiger partial charge in [-0.15, -0.1) is 0 Å². The van der Waals surface area contributed by atoms with Crippen molar-refractivity contribution in [2.45, 2.75) is 66.2 Å². The van der Waals surface area contributed by atoms with Crippen LogP contribution in [-0.4, -0.2) is 0 Å². The molecular weight excluding hydrogens is 192 g/mol. The highest BCUT2D eigenvalue weighted by Crippen LogP contribution is 2.46. The molecule has 0 heterocycles. The molecular formula is C16H30. The number of hydrogen-bond acceptors (Lipinski definition) is 0. The van der Waals surface area contributed by atoms with E-state index in [1.165, 1.54) is 38.5 Å². The molecule has 2 aliphatic rings. The first kappa shape index (κ1) is 12.5. The molecule has 0 aromatic rings. The molecule has 0 aromatic carbocycles. The van der Waals surface area contributed by atoms with Gasteiger partial charge in [-0.05, 0) is 48.3 Å². The molecule has 2 saturated carbocycles. The van der Waals surface area contributed by atoms with Gasteiger partial charge in [-0.1, -0.05) is 53.4 Å². The Morgan fingerprint density at radius 1 is 0.625 bits per heavy atom. The zero-order valence-electron chi connectivity index (χ0n) is 11.7. The average Bonchev–Trinajstić information content (AvgIpc) is 2.23. The van der Waals surface area contributed by atoms with E-state index in [0.717, 1.165) is 35.5 Å². The van der Waals surface area contributed by atoms with E-state index in [1.54, 1.807) is 0 Å². The molecule has 0 heteroatoms. The Kier molecular flexibility index (Phi) is 3.97. The summed E-state index contributed by atoms with van der Waals surface area (Å²) in [5.41, 5.74) is 0. The van der Waals surface area contributed by atoms with Crippen molar-refractivity contribution < 1.29 is 0 Å². The first-order valence-corrected chi connectivity index (χ1v) is 7.59. The molecule has 2 rings (SSSR count). The van der Waals surface area contributed by atoms with E-state index in [1.807, 2.05) is 0 Å². The lowest BCUT2D eigenvalue weighted by molar-refractivity contribution is 0.0582. The van der Waals surface area contributed by atoms with Crippen molar-refractivity contribution >= 4 is 0 Å². The van der Waals surface area contributed by atoms with Crippen LogP contribution in [0.25, 0.3) is 0 Å². The second-order valence-corrected chi connectivity index (χ2v) is 6.99. The minimum Gasteiger partial charge on any atom is -0.0623 e. The smallest absolute Gasteiger partial charge is 0.0334 e. The summed E-state index contributed by atoms with van der Waals surface area (Å²) in [6.07, 6.45) is 9.00. The molecule has 5 atom stereocenters. The van der Waals surface area contributed by atoms with E-state index in [4.69, 9.17) is 0 Å². The van der Waals surface area contributed by atoms with Crippen LogP contribution in [-0.2, 0) is 0 Å². The normalized spacial score (nSPS) is 50.2. The second kappa shape index (κ2) is 5.10. The number of hydrogen-bond donors (Lipinski definition) is 0. The molecule has 94 valence electrons. The zero-order chi connectivity index (χ0) is 11.7. The summed E-state index contributed by atoms with van der Waals surface area (Å²) in [5.74, 6) is 6.04. The molecule has 5 unspecified atom stereocenters. The molecule has 0 aliphatic heterocycles. The Hall–Kier alpha value is 0. The summed E-state index contributed by atoms with van der Waals surface area (Å²) in [6.45, 7) is 9.97. The summed E-state index contributed by atoms with van der Waals surface area (Å²) < 4.78 is 0. The summed E-state index contributed by atoms with van der Waals surface area (Å²) in [7, 11) is 0. The van der Waals surface area contributed by atoms with Gasteiger partial charge >= 0.3 is 0 Å². The van der Waals surface area contributed by atoms with E-state index in [9.17, 15) is 0 Å². The lowest BCUT2D eigenvalue weighted by atomic mass is 9.61. The van der Waals surface area contributed by atoms with Crippen molar-refractivity contribution in [3.05, 3.63) is 0 Å². The van der Waals surface area contributed by atoms with Crippen molar-refractivity contribution in [2.75, 3.05) is 0 Å². The predicted octanol–water partition coefficient (Wildman–Crippen LogP) is 5.13. The highest BCUT2D eigenvalue weighted by Gasteiger charge is 2.37. The van der Waals surface area contributed by atoms with Crippen molar-refractivity contribution in [2.24, 2.45) is 35.5 Å². The fourth-order valence-electron chi connectivity index (χ4n) is 4.58. The lowest BCUT2D eigenvalue weighted by Gasteiger charge is -2.44. The van der Waals surface area contributed by atoms with Gasteiger partial charge in [0.2, 0.25) is 0 Å². The van der Waals surface area contributed by atoms with Gasteiger partial charge < -0.3 is 0 Å². The fraction of sp³-hybridized carbons (Fsp3) is 1.00. The molecule has 0 radical (unpaired) electrons. The standard InChI is InChI=1S/C16H30/c1-11-8-9-15(10-14(11)4)16-12(2)6-5-7-13(16)3/h11-16H,5-10H2,1-4H3. The molecule has 0 aromatic heterocycles. The highest BCUT2D eigenvalue weighted by atomic mass is 14.4. The second-order valence-electron chi connectivity index (χ2n) is 6.99. The van der Waals surface area contributed by atoms with Gasteiger partial charge in [0.25, 0.3) is 0 Å².